The SMILES string of the molecule is Cc1onc(-c2ccccc2Cl)c1C(=O)NC(C)(C)CO. The summed E-state index contributed by atoms with van der Waals surface area (Å²) in [5.41, 5.74) is 0.607. The van der Waals surface area contributed by atoms with E-state index in [-0.39, 0.29) is 12.5 Å². The number of carbonyl (C=O) groups is 1. The maximum atomic E-state index is 12.4. The Morgan fingerprint density at radius 3 is 2.71 bits per heavy atom. The van der Waals surface area contributed by atoms with Crippen molar-refractivity contribution in [3.8, 4) is 11.3 Å². The Labute approximate surface area is 127 Å². The van der Waals surface area contributed by atoms with E-state index < -0.39 is 5.54 Å². The van der Waals surface area contributed by atoms with Crippen molar-refractivity contribution in [3.05, 3.63) is 40.6 Å². The minimum absolute atomic E-state index is 0.176. The number of rotatable bonds is 4. The summed E-state index contributed by atoms with van der Waals surface area (Å²) in [6, 6.07) is 7.10. The number of nitrogens with zero attached hydrogens (tertiary/aromatic N) is 1. The predicted molar refractivity (Wildman–Crippen MR) is 80.3 cm³/mol. The summed E-state index contributed by atoms with van der Waals surface area (Å²) in [6.45, 7) is 4.94. The topological polar surface area (TPSA) is 75.4 Å². The van der Waals surface area contributed by atoms with Gasteiger partial charge in [-0.3, -0.25) is 4.79 Å². The lowest BCUT2D eigenvalue weighted by atomic mass is 10.0. The summed E-state index contributed by atoms with van der Waals surface area (Å²) in [7, 11) is 0. The van der Waals surface area contributed by atoms with Crippen molar-refractivity contribution >= 4 is 17.5 Å². The van der Waals surface area contributed by atoms with Gasteiger partial charge < -0.3 is 14.9 Å². The molecule has 0 aliphatic carbocycles. The van der Waals surface area contributed by atoms with Crippen LogP contribution in [0.5, 0.6) is 0 Å². The number of nitrogens with one attached hydrogen (secondary N) is 1. The second kappa shape index (κ2) is 5.87. The van der Waals surface area contributed by atoms with E-state index in [9.17, 15) is 9.90 Å². The van der Waals surface area contributed by atoms with E-state index in [1.165, 1.54) is 0 Å². The van der Waals surface area contributed by atoms with E-state index in [4.69, 9.17) is 16.1 Å². The molecule has 2 aromatic rings. The number of benzene rings is 1. The van der Waals surface area contributed by atoms with Crippen LogP contribution in [0, 0.1) is 6.92 Å². The second-order valence-corrected chi connectivity index (χ2v) is 5.85. The fourth-order valence-corrected chi connectivity index (χ4v) is 2.11. The molecule has 0 atom stereocenters. The molecule has 21 heavy (non-hydrogen) atoms. The van der Waals surface area contributed by atoms with E-state index in [0.717, 1.165) is 0 Å². The van der Waals surface area contributed by atoms with Crippen LogP contribution in [0.3, 0.4) is 0 Å². The molecule has 1 heterocycles. The van der Waals surface area contributed by atoms with Gasteiger partial charge in [0.15, 0.2) is 0 Å². The Morgan fingerprint density at radius 2 is 2.10 bits per heavy atom. The third kappa shape index (κ3) is 3.25. The highest BCUT2D eigenvalue weighted by Gasteiger charge is 2.27. The summed E-state index contributed by atoms with van der Waals surface area (Å²) in [6.07, 6.45) is 0. The largest absolute Gasteiger partial charge is 0.394 e. The van der Waals surface area contributed by atoms with Gasteiger partial charge in [-0.15, -0.1) is 0 Å². The van der Waals surface area contributed by atoms with E-state index in [1.807, 2.05) is 6.07 Å². The lowest BCUT2D eigenvalue weighted by Gasteiger charge is -2.23. The molecule has 0 aliphatic rings. The van der Waals surface area contributed by atoms with Gasteiger partial charge in [0, 0.05) is 5.56 Å². The van der Waals surface area contributed by atoms with Crippen LogP contribution in [0.2, 0.25) is 5.02 Å². The maximum Gasteiger partial charge on any atom is 0.257 e. The first kappa shape index (κ1) is 15.5. The van der Waals surface area contributed by atoms with E-state index >= 15 is 0 Å². The average molecular weight is 309 g/mol. The van der Waals surface area contributed by atoms with Gasteiger partial charge in [0.2, 0.25) is 0 Å². The molecule has 0 aliphatic heterocycles. The fourth-order valence-electron chi connectivity index (χ4n) is 1.89. The van der Waals surface area contributed by atoms with Crippen LogP contribution in [0.25, 0.3) is 11.3 Å². The Bertz CT molecular complexity index is 665. The number of carbonyl (C=O) groups excluding carboxylic acids is 1. The number of amides is 1. The molecule has 0 fully saturated rings. The van der Waals surface area contributed by atoms with E-state index in [0.29, 0.717) is 27.6 Å². The van der Waals surface area contributed by atoms with Crippen LogP contribution in [0.4, 0.5) is 0 Å². The molecule has 1 amide bonds. The molecule has 0 saturated carbocycles. The molecule has 5 nitrogen and oxygen atoms in total. The van der Waals surface area contributed by atoms with Gasteiger partial charge in [0.25, 0.3) is 5.91 Å². The van der Waals surface area contributed by atoms with Gasteiger partial charge in [-0.05, 0) is 26.8 Å². The monoisotopic (exact) mass is 308 g/mol. The first-order valence-electron chi connectivity index (χ1n) is 6.50. The highest BCUT2D eigenvalue weighted by atomic mass is 35.5. The third-order valence-corrected chi connectivity index (χ3v) is 3.40. The number of aryl methyl sites for hydroxylation is 1. The molecule has 1 aromatic carbocycles. The number of hydrogen-bond donors (Lipinski definition) is 2. The molecule has 0 unspecified atom stereocenters. The molecule has 6 heteroatoms. The number of hydrogen-bond acceptors (Lipinski definition) is 4. The highest BCUT2D eigenvalue weighted by molar-refractivity contribution is 6.33. The molecule has 112 valence electrons. The number of aliphatic hydroxyl groups is 1. The Morgan fingerprint density at radius 1 is 1.43 bits per heavy atom. The summed E-state index contributed by atoms with van der Waals surface area (Å²) < 4.78 is 5.14. The smallest absolute Gasteiger partial charge is 0.257 e. The third-order valence-electron chi connectivity index (χ3n) is 3.07. The van der Waals surface area contributed by atoms with Crippen LogP contribution in [0.15, 0.2) is 28.8 Å². The van der Waals surface area contributed by atoms with Crippen molar-refractivity contribution in [1.82, 2.24) is 10.5 Å². The zero-order chi connectivity index (χ0) is 15.6. The van der Waals surface area contributed by atoms with Gasteiger partial charge in [0.05, 0.1) is 17.2 Å². The fraction of sp³-hybridized carbons (Fsp3) is 0.333. The van der Waals surface area contributed by atoms with Gasteiger partial charge in [-0.25, -0.2) is 0 Å². The van der Waals surface area contributed by atoms with E-state index in [2.05, 4.69) is 10.5 Å². The molecular weight excluding hydrogens is 292 g/mol. The first-order chi connectivity index (χ1) is 9.85. The molecule has 0 radical (unpaired) electrons. The molecule has 0 saturated heterocycles. The van der Waals surface area contributed by atoms with Crippen molar-refractivity contribution in [2.75, 3.05) is 6.61 Å². The van der Waals surface area contributed by atoms with Crippen LogP contribution in [-0.4, -0.2) is 28.3 Å². The van der Waals surface area contributed by atoms with Gasteiger partial charge in [-0.2, -0.15) is 0 Å². The van der Waals surface area contributed by atoms with Gasteiger partial charge in [-0.1, -0.05) is 35.0 Å². The first-order valence-corrected chi connectivity index (χ1v) is 6.88. The van der Waals surface area contributed by atoms with Crippen LogP contribution in [0.1, 0.15) is 30.0 Å². The average Bonchev–Trinajstić information content (AvgIpc) is 2.80. The predicted octanol–water partition coefficient (Wildman–Crippen LogP) is 2.80. The summed E-state index contributed by atoms with van der Waals surface area (Å²) in [5.74, 6) is 0.0406. The van der Waals surface area contributed by atoms with Crippen molar-refractivity contribution in [1.29, 1.82) is 0 Å². The summed E-state index contributed by atoms with van der Waals surface area (Å²) in [5, 5.41) is 16.4. The molecule has 0 spiro atoms. The van der Waals surface area contributed by atoms with Crippen molar-refractivity contribution in [2.45, 2.75) is 26.3 Å². The van der Waals surface area contributed by atoms with E-state index in [1.54, 1.807) is 39.0 Å². The van der Waals surface area contributed by atoms with Crippen LogP contribution >= 0.6 is 11.6 Å². The summed E-state index contributed by atoms with van der Waals surface area (Å²) in [4.78, 5) is 12.4. The Hall–Kier alpha value is -1.85. The second-order valence-electron chi connectivity index (χ2n) is 5.44. The molecular formula is C15H17ClN2O3. The van der Waals surface area contributed by atoms with Gasteiger partial charge in [0.1, 0.15) is 17.0 Å². The number of aromatic nitrogens is 1. The zero-order valence-corrected chi connectivity index (χ0v) is 12.9. The summed E-state index contributed by atoms with van der Waals surface area (Å²) >= 11 is 6.15. The molecule has 0 bridgehead atoms. The highest BCUT2D eigenvalue weighted by Crippen LogP contribution is 2.31. The Kier molecular flexibility index (Phi) is 4.34. The Balaban J connectivity index is 2.44. The molecule has 1 aromatic heterocycles. The minimum Gasteiger partial charge on any atom is -0.394 e. The molecule has 2 N–H and O–H groups in total. The van der Waals surface area contributed by atoms with Crippen molar-refractivity contribution in [3.63, 3.8) is 0 Å². The maximum absolute atomic E-state index is 12.4. The molecule has 2 rings (SSSR count). The van der Waals surface area contributed by atoms with Crippen molar-refractivity contribution in [2.24, 2.45) is 0 Å². The van der Waals surface area contributed by atoms with Crippen molar-refractivity contribution < 1.29 is 14.4 Å². The standard InChI is InChI=1S/C15H17ClN2O3/c1-9-12(14(20)17-15(2,3)8-19)13(18-21-9)10-6-4-5-7-11(10)16/h4-7,19H,8H2,1-3H3,(H,17,20). The minimum atomic E-state index is -0.738. The number of halogens is 1. The van der Waals surface area contributed by atoms with Crippen LogP contribution in [-0.2, 0) is 0 Å². The normalized spacial score (nSPS) is 11.5. The van der Waals surface area contributed by atoms with Crippen LogP contribution < -0.4 is 5.32 Å². The van der Waals surface area contributed by atoms with Gasteiger partial charge >= 0.3 is 0 Å². The number of aliphatic hydroxyl groups excluding tert-OH is 1. The quantitative estimate of drug-likeness (QED) is 0.910. The zero-order valence-electron chi connectivity index (χ0n) is 12.1. The lowest BCUT2D eigenvalue weighted by molar-refractivity contribution is 0.0868. The lowest BCUT2D eigenvalue weighted by Crippen LogP contribution is -2.46.